The van der Waals surface area contributed by atoms with Gasteiger partial charge in [-0.1, -0.05) is 6.92 Å². The lowest BCUT2D eigenvalue weighted by Gasteiger charge is -2.31. The maximum absolute atomic E-state index is 11.6. The number of nitrogens with one attached hydrogen (secondary N) is 2. The van der Waals surface area contributed by atoms with Crippen LogP contribution in [-0.4, -0.2) is 49.1 Å². The van der Waals surface area contributed by atoms with Crippen LogP contribution in [0.25, 0.3) is 0 Å². The molecule has 2 N–H and O–H groups in total. The molecule has 1 aliphatic heterocycles. The summed E-state index contributed by atoms with van der Waals surface area (Å²) in [6.45, 7) is 9.73. The lowest BCUT2D eigenvalue weighted by Crippen LogP contribution is -2.52. The van der Waals surface area contributed by atoms with Crippen LogP contribution in [0.1, 0.15) is 27.2 Å². The van der Waals surface area contributed by atoms with E-state index < -0.39 is 0 Å². The number of carbonyl (C=O) groups excluding carboxylic acids is 1. The van der Waals surface area contributed by atoms with Gasteiger partial charge < -0.3 is 10.6 Å². The first-order valence-corrected chi connectivity index (χ1v) is 5.87. The van der Waals surface area contributed by atoms with Crippen molar-refractivity contribution in [1.82, 2.24) is 15.5 Å². The van der Waals surface area contributed by atoms with Gasteiger partial charge in [0, 0.05) is 31.7 Å². The molecule has 1 rings (SSSR count). The highest BCUT2D eigenvalue weighted by molar-refractivity contribution is 5.85. The monoisotopic (exact) mass is 249 g/mol. The zero-order valence-electron chi connectivity index (χ0n) is 10.5. The summed E-state index contributed by atoms with van der Waals surface area (Å²) in [5, 5.41) is 6.35. The van der Waals surface area contributed by atoms with Crippen molar-refractivity contribution >= 4 is 18.3 Å². The SMILES string of the molecule is CCC(C)NC(=O)CN1CCNC(C)C1.Cl. The Kier molecular flexibility index (Phi) is 7.72. The van der Waals surface area contributed by atoms with Crippen LogP contribution in [0.4, 0.5) is 0 Å². The van der Waals surface area contributed by atoms with E-state index in [0.29, 0.717) is 12.6 Å². The normalized spacial score (nSPS) is 23.3. The molecule has 1 fully saturated rings. The Morgan fingerprint density at radius 2 is 2.31 bits per heavy atom. The highest BCUT2D eigenvalue weighted by atomic mass is 35.5. The minimum atomic E-state index is 0. The number of piperazine rings is 1. The van der Waals surface area contributed by atoms with Crippen LogP contribution >= 0.6 is 12.4 Å². The van der Waals surface area contributed by atoms with Crippen molar-refractivity contribution < 1.29 is 4.79 Å². The molecule has 0 aromatic carbocycles. The number of amides is 1. The average molecular weight is 250 g/mol. The summed E-state index contributed by atoms with van der Waals surface area (Å²) in [5.74, 6) is 0.151. The number of rotatable bonds is 4. The van der Waals surface area contributed by atoms with E-state index in [1.165, 1.54) is 0 Å². The summed E-state index contributed by atoms with van der Waals surface area (Å²) in [4.78, 5) is 13.8. The van der Waals surface area contributed by atoms with Gasteiger partial charge in [0.2, 0.25) is 5.91 Å². The van der Waals surface area contributed by atoms with Crippen molar-refractivity contribution in [1.29, 1.82) is 0 Å². The van der Waals surface area contributed by atoms with Crippen LogP contribution in [0.2, 0.25) is 0 Å². The van der Waals surface area contributed by atoms with Gasteiger partial charge in [-0.3, -0.25) is 9.69 Å². The first kappa shape index (κ1) is 15.7. The van der Waals surface area contributed by atoms with Crippen molar-refractivity contribution in [2.45, 2.75) is 39.3 Å². The van der Waals surface area contributed by atoms with Crippen LogP contribution in [0.5, 0.6) is 0 Å². The van der Waals surface area contributed by atoms with Crippen LogP contribution in [0.3, 0.4) is 0 Å². The van der Waals surface area contributed by atoms with E-state index in [2.05, 4.69) is 29.4 Å². The summed E-state index contributed by atoms with van der Waals surface area (Å²) in [5.41, 5.74) is 0. The molecule has 0 aromatic heterocycles. The fourth-order valence-corrected chi connectivity index (χ4v) is 1.78. The molecule has 1 amide bonds. The highest BCUT2D eigenvalue weighted by Crippen LogP contribution is 1.98. The van der Waals surface area contributed by atoms with Crippen molar-refractivity contribution in [2.75, 3.05) is 26.2 Å². The molecule has 0 aliphatic carbocycles. The predicted octanol–water partition coefficient (Wildman–Crippen LogP) is 0.617. The molecule has 2 atom stereocenters. The molecule has 1 heterocycles. The summed E-state index contributed by atoms with van der Waals surface area (Å²) in [7, 11) is 0. The molecule has 2 unspecified atom stereocenters. The van der Waals surface area contributed by atoms with E-state index in [1.54, 1.807) is 0 Å². The largest absolute Gasteiger partial charge is 0.353 e. The first-order chi connectivity index (χ1) is 7.11. The van der Waals surface area contributed by atoms with Crippen molar-refractivity contribution in [3.63, 3.8) is 0 Å². The van der Waals surface area contributed by atoms with Gasteiger partial charge >= 0.3 is 0 Å². The molecule has 0 spiro atoms. The van der Waals surface area contributed by atoms with Gasteiger partial charge in [0.1, 0.15) is 0 Å². The van der Waals surface area contributed by atoms with Gasteiger partial charge in [-0.15, -0.1) is 12.4 Å². The highest BCUT2D eigenvalue weighted by Gasteiger charge is 2.18. The second kappa shape index (κ2) is 7.87. The van der Waals surface area contributed by atoms with Crippen LogP contribution in [0, 0.1) is 0 Å². The number of carbonyl (C=O) groups is 1. The van der Waals surface area contributed by atoms with E-state index in [0.717, 1.165) is 26.1 Å². The molecule has 0 aromatic rings. The third-order valence-electron chi connectivity index (χ3n) is 2.84. The van der Waals surface area contributed by atoms with E-state index >= 15 is 0 Å². The Bertz CT molecular complexity index is 213. The van der Waals surface area contributed by atoms with Gasteiger partial charge in [0.05, 0.1) is 6.54 Å². The predicted molar refractivity (Wildman–Crippen MR) is 69.0 cm³/mol. The number of halogens is 1. The smallest absolute Gasteiger partial charge is 0.234 e. The molecule has 96 valence electrons. The van der Waals surface area contributed by atoms with Crippen LogP contribution < -0.4 is 10.6 Å². The Balaban J connectivity index is 0.00000225. The molecule has 16 heavy (non-hydrogen) atoms. The zero-order chi connectivity index (χ0) is 11.3. The van der Waals surface area contributed by atoms with Gasteiger partial charge in [0.15, 0.2) is 0 Å². The Labute approximate surface area is 105 Å². The fourth-order valence-electron chi connectivity index (χ4n) is 1.78. The van der Waals surface area contributed by atoms with E-state index in [1.807, 2.05) is 6.92 Å². The van der Waals surface area contributed by atoms with Crippen LogP contribution in [0.15, 0.2) is 0 Å². The van der Waals surface area contributed by atoms with Crippen molar-refractivity contribution in [3.05, 3.63) is 0 Å². The number of nitrogens with zero attached hydrogens (tertiary/aromatic N) is 1. The molecular weight excluding hydrogens is 226 g/mol. The molecule has 5 heteroatoms. The third-order valence-corrected chi connectivity index (χ3v) is 2.84. The van der Waals surface area contributed by atoms with Gasteiger partial charge in [-0.25, -0.2) is 0 Å². The average Bonchev–Trinajstić information content (AvgIpc) is 2.17. The van der Waals surface area contributed by atoms with E-state index in [4.69, 9.17) is 0 Å². The van der Waals surface area contributed by atoms with Crippen molar-refractivity contribution in [3.8, 4) is 0 Å². The second-order valence-electron chi connectivity index (χ2n) is 4.47. The third kappa shape index (κ3) is 5.68. The lowest BCUT2D eigenvalue weighted by atomic mass is 10.2. The zero-order valence-corrected chi connectivity index (χ0v) is 11.3. The summed E-state index contributed by atoms with van der Waals surface area (Å²) >= 11 is 0. The molecule has 1 aliphatic rings. The van der Waals surface area contributed by atoms with Crippen LogP contribution in [-0.2, 0) is 4.79 Å². The first-order valence-electron chi connectivity index (χ1n) is 5.87. The second-order valence-corrected chi connectivity index (χ2v) is 4.47. The lowest BCUT2D eigenvalue weighted by molar-refractivity contribution is -0.123. The van der Waals surface area contributed by atoms with E-state index in [9.17, 15) is 4.79 Å². The summed E-state index contributed by atoms with van der Waals surface area (Å²) in [6.07, 6.45) is 0.990. The van der Waals surface area contributed by atoms with Gasteiger partial charge in [0.25, 0.3) is 0 Å². The van der Waals surface area contributed by atoms with Crippen molar-refractivity contribution in [2.24, 2.45) is 0 Å². The molecule has 0 radical (unpaired) electrons. The quantitative estimate of drug-likeness (QED) is 0.768. The van der Waals surface area contributed by atoms with E-state index in [-0.39, 0.29) is 24.4 Å². The standard InChI is InChI=1S/C11H23N3O.ClH/c1-4-9(2)13-11(15)8-14-6-5-12-10(3)7-14;/h9-10,12H,4-8H2,1-3H3,(H,13,15);1H. The fraction of sp³-hybridized carbons (Fsp3) is 0.909. The van der Waals surface area contributed by atoms with Gasteiger partial charge in [-0.05, 0) is 20.3 Å². The molecule has 1 saturated heterocycles. The number of hydrogen-bond acceptors (Lipinski definition) is 3. The maximum atomic E-state index is 11.6. The number of hydrogen-bond donors (Lipinski definition) is 2. The molecule has 4 nitrogen and oxygen atoms in total. The summed E-state index contributed by atoms with van der Waals surface area (Å²) < 4.78 is 0. The summed E-state index contributed by atoms with van der Waals surface area (Å²) in [6, 6.07) is 0.785. The molecule has 0 saturated carbocycles. The maximum Gasteiger partial charge on any atom is 0.234 e. The topological polar surface area (TPSA) is 44.4 Å². The molecular formula is C11H24ClN3O. The Morgan fingerprint density at radius 3 is 2.88 bits per heavy atom. The minimum absolute atomic E-state index is 0. The minimum Gasteiger partial charge on any atom is -0.353 e. The molecule has 0 bridgehead atoms. The van der Waals surface area contributed by atoms with Gasteiger partial charge in [-0.2, -0.15) is 0 Å². The Hall–Kier alpha value is -0.320. The Morgan fingerprint density at radius 1 is 1.62 bits per heavy atom.